The summed E-state index contributed by atoms with van der Waals surface area (Å²) in [6.45, 7) is 5.70. The average molecular weight is 421 g/mol. The van der Waals surface area contributed by atoms with Crippen LogP contribution in [-0.4, -0.2) is 55.7 Å². The van der Waals surface area contributed by atoms with Gasteiger partial charge in [-0.1, -0.05) is 0 Å². The summed E-state index contributed by atoms with van der Waals surface area (Å²) >= 11 is 0. The molecule has 1 saturated heterocycles. The van der Waals surface area contributed by atoms with E-state index in [1.54, 1.807) is 13.4 Å². The zero-order valence-electron chi connectivity index (χ0n) is 18.1. The fourth-order valence-corrected chi connectivity index (χ4v) is 3.84. The first-order valence-corrected chi connectivity index (χ1v) is 10.3. The second-order valence-corrected chi connectivity index (χ2v) is 7.68. The van der Waals surface area contributed by atoms with Gasteiger partial charge in [0.2, 0.25) is 5.89 Å². The van der Waals surface area contributed by atoms with Crippen molar-refractivity contribution >= 4 is 11.7 Å². The predicted molar refractivity (Wildman–Crippen MR) is 118 cm³/mol. The molecule has 1 atom stereocenters. The first-order chi connectivity index (χ1) is 15.1. The van der Waals surface area contributed by atoms with Crippen LogP contribution in [0.15, 0.2) is 59.2 Å². The highest BCUT2D eigenvalue weighted by atomic mass is 16.5. The summed E-state index contributed by atoms with van der Waals surface area (Å²) in [7, 11) is 3.04. The number of nitrogens with zero attached hydrogens (tertiary/aromatic N) is 3. The van der Waals surface area contributed by atoms with Gasteiger partial charge >= 0.3 is 5.97 Å². The Morgan fingerprint density at radius 3 is 2.48 bits per heavy atom. The van der Waals surface area contributed by atoms with Crippen molar-refractivity contribution in [2.75, 3.05) is 38.8 Å². The molecule has 1 unspecified atom stereocenters. The SMILES string of the molecule is COC(=O)c1ccc(N2CCN(Cc3coc(-c4ccc(OC)cc4)n3)C(C)C2)cc1. The van der Waals surface area contributed by atoms with E-state index in [0.717, 1.165) is 48.9 Å². The van der Waals surface area contributed by atoms with Crippen LogP contribution in [0.25, 0.3) is 11.5 Å². The summed E-state index contributed by atoms with van der Waals surface area (Å²) in [4.78, 5) is 21.1. The monoisotopic (exact) mass is 421 g/mol. The topological polar surface area (TPSA) is 68.0 Å². The molecule has 1 aliphatic heterocycles. The number of piperazine rings is 1. The van der Waals surface area contributed by atoms with Crippen LogP contribution in [0, 0.1) is 0 Å². The van der Waals surface area contributed by atoms with Crippen LogP contribution in [-0.2, 0) is 11.3 Å². The van der Waals surface area contributed by atoms with Crippen LogP contribution < -0.4 is 9.64 Å². The van der Waals surface area contributed by atoms with E-state index in [1.165, 1.54) is 7.11 Å². The first-order valence-electron chi connectivity index (χ1n) is 10.3. The molecule has 0 N–H and O–H groups in total. The van der Waals surface area contributed by atoms with Gasteiger partial charge in [-0.15, -0.1) is 0 Å². The van der Waals surface area contributed by atoms with E-state index in [0.29, 0.717) is 17.5 Å². The minimum Gasteiger partial charge on any atom is -0.497 e. The number of carbonyl (C=O) groups is 1. The number of hydrogen-bond donors (Lipinski definition) is 0. The smallest absolute Gasteiger partial charge is 0.337 e. The van der Waals surface area contributed by atoms with Gasteiger partial charge in [-0.05, 0) is 55.5 Å². The third-order valence-electron chi connectivity index (χ3n) is 5.67. The molecule has 4 rings (SSSR count). The van der Waals surface area contributed by atoms with E-state index in [-0.39, 0.29) is 5.97 Å². The van der Waals surface area contributed by atoms with Crippen LogP contribution in [0.5, 0.6) is 5.75 Å². The highest BCUT2D eigenvalue weighted by Gasteiger charge is 2.25. The van der Waals surface area contributed by atoms with Crippen molar-refractivity contribution in [3.8, 4) is 17.2 Å². The molecule has 3 aromatic rings. The molecule has 0 bridgehead atoms. The second-order valence-electron chi connectivity index (χ2n) is 7.68. The summed E-state index contributed by atoms with van der Waals surface area (Å²) in [5, 5.41) is 0. The molecule has 7 heteroatoms. The van der Waals surface area contributed by atoms with Crippen LogP contribution in [0.1, 0.15) is 23.0 Å². The number of methoxy groups -OCH3 is 2. The van der Waals surface area contributed by atoms with E-state index >= 15 is 0 Å². The van der Waals surface area contributed by atoms with Crippen LogP contribution in [0.2, 0.25) is 0 Å². The minimum absolute atomic E-state index is 0.314. The summed E-state index contributed by atoms with van der Waals surface area (Å²) in [5.74, 6) is 1.11. The van der Waals surface area contributed by atoms with Crippen LogP contribution >= 0.6 is 0 Å². The average Bonchev–Trinajstić information content (AvgIpc) is 3.28. The second kappa shape index (κ2) is 9.22. The third kappa shape index (κ3) is 4.72. The number of carbonyl (C=O) groups excluding carboxylic acids is 1. The summed E-state index contributed by atoms with van der Waals surface area (Å²) < 4.78 is 15.7. The lowest BCUT2D eigenvalue weighted by Crippen LogP contribution is -2.51. The molecule has 0 aliphatic carbocycles. The molecular weight excluding hydrogens is 394 g/mol. The van der Waals surface area contributed by atoms with Crippen molar-refractivity contribution in [2.24, 2.45) is 0 Å². The Morgan fingerprint density at radius 2 is 1.84 bits per heavy atom. The molecule has 0 radical (unpaired) electrons. The number of benzene rings is 2. The van der Waals surface area contributed by atoms with Crippen molar-refractivity contribution in [1.29, 1.82) is 0 Å². The highest BCUT2D eigenvalue weighted by molar-refractivity contribution is 5.89. The van der Waals surface area contributed by atoms with Crippen molar-refractivity contribution in [2.45, 2.75) is 19.5 Å². The van der Waals surface area contributed by atoms with E-state index in [2.05, 4.69) is 21.7 Å². The number of anilines is 1. The van der Waals surface area contributed by atoms with Gasteiger partial charge in [0.1, 0.15) is 12.0 Å². The molecule has 1 aliphatic rings. The molecule has 162 valence electrons. The normalized spacial score (nSPS) is 16.9. The van der Waals surface area contributed by atoms with Gasteiger partial charge in [0, 0.05) is 43.5 Å². The van der Waals surface area contributed by atoms with Crippen molar-refractivity contribution in [3.05, 3.63) is 66.1 Å². The summed E-state index contributed by atoms with van der Waals surface area (Å²) in [6.07, 6.45) is 1.74. The molecule has 2 heterocycles. The molecular formula is C24H27N3O4. The van der Waals surface area contributed by atoms with Gasteiger partial charge in [0.05, 0.1) is 25.5 Å². The molecule has 1 aromatic heterocycles. The molecule has 1 fully saturated rings. The van der Waals surface area contributed by atoms with Gasteiger partial charge < -0.3 is 18.8 Å². The van der Waals surface area contributed by atoms with Crippen molar-refractivity contribution in [3.63, 3.8) is 0 Å². The molecule has 31 heavy (non-hydrogen) atoms. The van der Waals surface area contributed by atoms with Crippen LogP contribution in [0.4, 0.5) is 5.69 Å². The standard InChI is InChI=1S/C24H27N3O4/c1-17-14-27(21-8-4-19(5-9-21)24(28)30-3)13-12-26(17)15-20-16-31-23(25-20)18-6-10-22(29-2)11-7-18/h4-11,16-17H,12-15H2,1-3H3. The lowest BCUT2D eigenvalue weighted by molar-refractivity contribution is 0.0600. The Balaban J connectivity index is 1.36. The van der Waals surface area contributed by atoms with E-state index in [1.807, 2.05) is 48.5 Å². The van der Waals surface area contributed by atoms with E-state index in [9.17, 15) is 4.79 Å². The molecule has 7 nitrogen and oxygen atoms in total. The zero-order valence-corrected chi connectivity index (χ0v) is 18.1. The maximum absolute atomic E-state index is 11.6. The zero-order chi connectivity index (χ0) is 21.8. The number of ether oxygens (including phenoxy) is 2. The molecule has 0 saturated carbocycles. The number of oxazole rings is 1. The molecule has 0 amide bonds. The Kier molecular flexibility index (Phi) is 6.23. The van der Waals surface area contributed by atoms with E-state index < -0.39 is 0 Å². The summed E-state index contributed by atoms with van der Waals surface area (Å²) in [5.41, 5.74) is 3.54. The lowest BCUT2D eigenvalue weighted by Gasteiger charge is -2.40. The fraction of sp³-hybridized carbons (Fsp3) is 0.333. The summed E-state index contributed by atoms with van der Waals surface area (Å²) in [6, 6.07) is 15.6. The Bertz CT molecular complexity index is 1010. The van der Waals surface area contributed by atoms with Crippen LogP contribution in [0.3, 0.4) is 0 Å². The fourth-order valence-electron chi connectivity index (χ4n) is 3.84. The van der Waals surface area contributed by atoms with Gasteiger partial charge in [-0.3, -0.25) is 4.90 Å². The maximum atomic E-state index is 11.6. The maximum Gasteiger partial charge on any atom is 0.337 e. The van der Waals surface area contributed by atoms with Crippen molar-refractivity contribution < 1.29 is 18.7 Å². The third-order valence-corrected chi connectivity index (χ3v) is 5.67. The van der Waals surface area contributed by atoms with Gasteiger partial charge in [-0.2, -0.15) is 0 Å². The molecule has 2 aromatic carbocycles. The number of esters is 1. The Morgan fingerprint density at radius 1 is 1.10 bits per heavy atom. The Labute approximate surface area is 182 Å². The highest BCUT2D eigenvalue weighted by Crippen LogP contribution is 2.24. The quantitative estimate of drug-likeness (QED) is 0.560. The number of hydrogen-bond acceptors (Lipinski definition) is 7. The van der Waals surface area contributed by atoms with E-state index in [4.69, 9.17) is 13.9 Å². The largest absolute Gasteiger partial charge is 0.497 e. The van der Waals surface area contributed by atoms with Gasteiger partial charge in [-0.25, -0.2) is 9.78 Å². The first kappa shape index (κ1) is 20.9. The minimum atomic E-state index is -0.314. The Hall–Kier alpha value is -3.32. The number of aromatic nitrogens is 1. The van der Waals surface area contributed by atoms with Crippen molar-refractivity contribution in [1.82, 2.24) is 9.88 Å². The lowest BCUT2D eigenvalue weighted by atomic mass is 10.1. The van der Waals surface area contributed by atoms with Gasteiger partial charge in [0.25, 0.3) is 0 Å². The van der Waals surface area contributed by atoms with Gasteiger partial charge in [0.15, 0.2) is 0 Å². The number of rotatable bonds is 6. The predicted octanol–water partition coefficient (Wildman–Crippen LogP) is 3.85. The molecule has 0 spiro atoms.